The monoisotopic (exact) mass is 283 g/mol. The van der Waals surface area contributed by atoms with Gasteiger partial charge in [-0.25, -0.2) is 0 Å². The zero-order chi connectivity index (χ0) is 13.1. The van der Waals surface area contributed by atoms with Crippen LogP contribution in [0.1, 0.15) is 18.4 Å². The van der Waals surface area contributed by atoms with E-state index in [9.17, 15) is 0 Å². The minimum atomic E-state index is 0.375. The summed E-state index contributed by atoms with van der Waals surface area (Å²) in [7, 11) is 2.16. The van der Waals surface area contributed by atoms with Crippen LogP contribution >= 0.6 is 23.8 Å². The van der Waals surface area contributed by atoms with E-state index in [0.29, 0.717) is 16.1 Å². The molecule has 3 N–H and O–H groups in total. The molecule has 1 saturated heterocycles. The Labute approximate surface area is 118 Å². The fourth-order valence-corrected chi connectivity index (χ4v) is 2.68. The average molecular weight is 284 g/mol. The molecule has 0 aromatic heterocycles. The Kier molecular flexibility index (Phi) is 4.43. The van der Waals surface area contributed by atoms with Gasteiger partial charge in [-0.1, -0.05) is 23.8 Å². The SMILES string of the molecule is CN1CCCC1CNc1ccc(Cl)cc1C(N)=S. The molecule has 0 saturated carbocycles. The first kappa shape index (κ1) is 13.6. The predicted octanol–water partition coefficient (Wildman–Crippen LogP) is 2.48. The van der Waals surface area contributed by atoms with Crippen LogP contribution in [0.15, 0.2) is 18.2 Å². The van der Waals surface area contributed by atoms with Crippen molar-refractivity contribution in [2.24, 2.45) is 5.73 Å². The molecule has 0 amide bonds. The normalized spacial score (nSPS) is 20.0. The van der Waals surface area contributed by atoms with Crippen LogP contribution < -0.4 is 11.1 Å². The molecule has 3 nitrogen and oxygen atoms in total. The number of rotatable bonds is 4. The summed E-state index contributed by atoms with van der Waals surface area (Å²) in [6, 6.07) is 6.18. The first-order valence-electron chi connectivity index (χ1n) is 6.11. The van der Waals surface area contributed by atoms with E-state index in [0.717, 1.165) is 17.8 Å². The fourth-order valence-electron chi connectivity index (χ4n) is 2.34. The smallest absolute Gasteiger partial charge is 0.106 e. The summed E-state index contributed by atoms with van der Waals surface area (Å²) >= 11 is 11.0. The van der Waals surface area contributed by atoms with Gasteiger partial charge >= 0.3 is 0 Å². The highest BCUT2D eigenvalue weighted by Crippen LogP contribution is 2.22. The second-order valence-corrected chi connectivity index (χ2v) is 5.59. The summed E-state index contributed by atoms with van der Waals surface area (Å²) in [5.41, 5.74) is 7.50. The van der Waals surface area contributed by atoms with Crippen LogP contribution in [0.5, 0.6) is 0 Å². The number of halogens is 1. The van der Waals surface area contributed by atoms with Crippen molar-refractivity contribution < 1.29 is 0 Å². The van der Waals surface area contributed by atoms with Gasteiger partial charge in [-0.2, -0.15) is 0 Å². The van der Waals surface area contributed by atoms with Gasteiger partial charge in [0.15, 0.2) is 0 Å². The van der Waals surface area contributed by atoms with Gasteiger partial charge in [0, 0.05) is 28.9 Å². The molecular formula is C13H18ClN3S. The maximum Gasteiger partial charge on any atom is 0.106 e. The van der Waals surface area contributed by atoms with Crippen molar-refractivity contribution in [1.82, 2.24) is 4.90 Å². The van der Waals surface area contributed by atoms with E-state index < -0.39 is 0 Å². The quantitative estimate of drug-likeness (QED) is 0.833. The van der Waals surface area contributed by atoms with E-state index in [4.69, 9.17) is 29.6 Å². The number of anilines is 1. The molecule has 1 unspecified atom stereocenters. The maximum atomic E-state index is 5.96. The molecule has 0 radical (unpaired) electrons. The van der Waals surface area contributed by atoms with Gasteiger partial charge in [0.05, 0.1) is 0 Å². The van der Waals surface area contributed by atoms with Crippen molar-refractivity contribution in [1.29, 1.82) is 0 Å². The molecule has 1 fully saturated rings. The van der Waals surface area contributed by atoms with Crippen molar-refractivity contribution >= 4 is 34.5 Å². The fraction of sp³-hybridized carbons (Fsp3) is 0.462. The largest absolute Gasteiger partial charge is 0.389 e. The van der Waals surface area contributed by atoms with Gasteiger partial charge in [-0.15, -0.1) is 0 Å². The molecule has 1 aromatic carbocycles. The first-order chi connectivity index (χ1) is 8.58. The molecule has 0 spiro atoms. The molecule has 1 aliphatic heterocycles. The number of likely N-dealkylation sites (tertiary alicyclic amines) is 1. The highest BCUT2D eigenvalue weighted by atomic mass is 35.5. The van der Waals surface area contributed by atoms with E-state index in [1.807, 2.05) is 18.2 Å². The summed E-state index contributed by atoms with van der Waals surface area (Å²) in [6.45, 7) is 2.09. The third kappa shape index (κ3) is 3.13. The molecule has 1 heterocycles. The number of benzene rings is 1. The Bertz CT molecular complexity index is 450. The lowest BCUT2D eigenvalue weighted by Crippen LogP contribution is -2.32. The Morgan fingerprint density at radius 1 is 1.61 bits per heavy atom. The molecule has 98 valence electrons. The zero-order valence-electron chi connectivity index (χ0n) is 10.4. The molecular weight excluding hydrogens is 266 g/mol. The molecule has 1 aromatic rings. The van der Waals surface area contributed by atoms with Crippen LogP contribution in [0.25, 0.3) is 0 Å². The van der Waals surface area contributed by atoms with Crippen molar-refractivity contribution in [3.05, 3.63) is 28.8 Å². The maximum absolute atomic E-state index is 5.96. The predicted molar refractivity (Wildman–Crippen MR) is 81.5 cm³/mol. The van der Waals surface area contributed by atoms with Crippen LogP contribution in [-0.4, -0.2) is 36.1 Å². The van der Waals surface area contributed by atoms with E-state index in [1.165, 1.54) is 19.4 Å². The number of nitrogens with zero attached hydrogens (tertiary/aromatic N) is 1. The lowest BCUT2D eigenvalue weighted by Gasteiger charge is -2.21. The van der Waals surface area contributed by atoms with Crippen molar-refractivity contribution in [2.45, 2.75) is 18.9 Å². The van der Waals surface area contributed by atoms with E-state index in [1.54, 1.807) is 0 Å². The van der Waals surface area contributed by atoms with E-state index in [2.05, 4.69) is 17.3 Å². The third-order valence-corrected chi connectivity index (χ3v) is 3.90. The third-order valence-electron chi connectivity index (χ3n) is 3.45. The minimum absolute atomic E-state index is 0.375. The van der Waals surface area contributed by atoms with Gasteiger partial charge in [0.25, 0.3) is 0 Å². The van der Waals surface area contributed by atoms with Gasteiger partial charge in [0.2, 0.25) is 0 Å². The van der Waals surface area contributed by atoms with Crippen LogP contribution in [-0.2, 0) is 0 Å². The number of nitrogens with one attached hydrogen (secondary N) is 1. The summed E-state index contributed by atoms with van der Waals surface area (Å²) in [4.78, 5) is 2.75. The van der Waals surface area contributed by atoms with Gasteiger partial charge < -0.3 is 16.0 Å². The number of thiocarbonyl (C=S) groups is 1. The lowest BCUT2D eigenvalue weighted by atomic mass is 10.1. The van der Waals surface area contributed by atoms with Gasteiger partial charge in [-0.3, -0.25) is 0 Å². The lowest BCUT2D eigenvalue weighted by molar-refractivity contribution is 0.322. The van der Waals surface area contributed by atoms with Gasteiger partial charge in [-0.05, 0) is 44.6 Å². The second kappa shape index (κ2) is 5.87. The van der Waals surface area contributed by atoms with Crippen LogP contribution in [0.2, 0.25) is 5.02 Å². The highest BCUT2D eigenvalue weighted by Gasteiger charge is 2.20. The number of likely N-dealkylation sites (N-methyl/N-ethyl adjacent to an activating group) is 1. The minimum Gasteiger partial charge on any atom is -0.389 e. The first-order valence-corrected chi connectivity index (χ1v) is 6.90. The summed E-state index contributed by atoms with van der Waals surface area (Å²) in [5.74, 6) is 0. The van der Waals surface area contributed by atoms with Crippen molar-refractivity contribution in [3.8, 4) is 0 Å². The Morgan fingerprint density at radius 2 is 2.39 bits per heavy atom. The summed E-state index contributed by atoms with van der Waals surface area (Å²) in [5, 5.41) is 4.08. The van der Waals surface area contributed by atoms with Gasteiger partial charge in [0.1, 0.15) is 4.99 Å². The highest BCUT2D eigenvalue weighted by molar-refractivity contribution is 7.80. The molecule has 1 aliphatic rings. The van der Waals surface area contributed by atoms with Crippen LogP contribution in [0.3, 0.4) is 0 Å². The standard InChI is InChI=1S/C13H18ClN3S/c1-17-6-2-3-10(17)8-16-12-5-4-9(14)7-11(12)13(15)18/h4-5,7,10,16H,2-3,6,8H2,1H3,(H2,15,18). The Balaban J connectivity index is 2.06. The molecule has 5 heteroatoms. The van der Waals surface area contributed by atoms with E-state index >= 15 is 0 Å². The average Bonchev–Trinajstić information content (AvgIpc) is 2.73. The topological polar surface area (TPSA) is 41.3 Å². The van der Waals surface area contributed by atoms with Crippen LogP contribution in [0.4, 0.5) is 5.69 Å². The number of hydrogen-bond acceptors (Lipinski definition) is 3. The molecule has 0 aliphatic carbocycles. The molecule has 1 atom stereocenters. The molecule has 2 rings (SSSR count). The van der Waals surface area contributed by atoms with Crippen molar-refractivity contribution in [3.63, 3.8) is 0 Å². The molecule has 18 heavy (non-hydrogen) atoms. The summed E-state index contributed by atoms with van der Waals surface area (Å²) < 4.78 is 0. The van der Waals surface area contributed by atoms with E-state index in [-0.39, 0.29) is 0 Å². The zero-order valence-corrected chi connectivity index (χ0v) is 12.0. The summed E-state index contributed by atoms with van der Waals surface area (Å²) in [6.07, 6.45) is 2.51. The number of nitrogens with two attached hydrogens (primary N) is 1. The van der Waals surface area contributed by atoms with Crippen molar-refractivity contribution in [2.75, 3.05) is 25.5 Å². The Morgan fingerprint density at radius 3 is 3.00 bits per heavy atom. The van der Waals surface area contributed by atoms with Crippen LogP contribution in [0, 0.1) is 0 Å². The Hall–Kier alpha value is -0.840. The number of hydrogen-bond donors (Lipinski definition) is 2. The second-order valence-electron chi connectivity index (χ2n) is 4.71. The molecule has 0 bridgehead atoms.